The second-order valence-corrected chi connectivity index (χ2v) is 11.4. The van der Waals surface area contributed by atoms with Crippen LogP contribution in [0.4, 0.5) is 4.39 Å². The van der Waals surface area contributed by atoms with Gasteiger partial charge in [0.1, 0.15) is 12.4 Å². The van der Waals surface area contributed by atoms with Gasteiger partial charge in [0.05, 0.1) is 18.0 Å². The van der Waals surface area contributed by atoms with Crippen LogP contribution in [0.15, 0.2) is 65.5 Å². The predicted molar refractivity (Wildman–Crippen MR) is 156 cm³/mol. The van der Waals surface area contributed by atoms with Crippen molar-refractivity contribution in [1.82, 2.24) is 19.8 Å². The van der Waals surface area contributed by atoms with Gasteiger partial charge in [0.2, 0.25) is 5.91 Å². The van der Waals surface area contributed by atoms with E-state index in [0.717, 1.165) is 30.8 Å². The van der Waals surface area contributed by atoms with Crippen LogP contribution in [-0.2, 0) is 17.9 Å². The quantitative estimate of drug-likeness (QED) is 0.339. The van der Waals surface area contributed by atoms with E-state index in [2.05, 4.69) is 22.3 Å². The van der Waals surface area contributed by atoms with Crippen LogP contribution in [0.3, 0.4) is 0 Å². The van der Waals surface area contributed by atoms with Gasteiger partial charge in [0.15, 0.2) is 11.6 Å². The number of ether oxygens (including phenoxy) is 1. The molecular weight excluding hydrogens is 507 g/mol. The van der Waals surface area contributed by atoms with Gasteiger partial charge in [0, 0.05) is 17.6 Å². The first kappa shape index (κ1) is 27.5. The van der Waals surface area contributed by atoms with E-state index in [9.17, 15) is 14.0 Å². The highest BCUT2D eigenvalue weighted by atomic mass is 19.1. The van der Waals surface area contributed by atoms with Crippen LogP contribution in [0.5, 0.6) is 5.75 Å². The third-order valence-electron chi connectivity index (χ3n) is 7.04. The number of carbonyl (C=O) groups excluding carboxylic acids is 1. The van der Waals surface area contributed by atoms with Gasteiger partial charge in [-0.1, -0.05) is 24.3 Å². The number of amides is 1. The van der Waals surface area contributed by atoms with Crippen LogP contribution < -0.4 is 15.6 Å². The molecule has 0 radical (unpaired) electrons. The summed E-state index contributed by atoms with van der Waals surface area (Å²) in [5.74, 6) is -0.554. The summed E-state index contributed by atoms with van der Waals surface area (Å²) in [5, 5.41) is 3.32. The molecule has 4 aromatic rings. The molecule has 40 heavy (non-hydrogen) atoms. The monoisotopic (exact) mass is 542 g/mol. The van der Waals surface area contributed by atoms with Crippen molar-refractivity contribution >= 4 is 16.8 Å². The number of fused-ring (bicyclic) bond motifs is 1. The van der Waals surface area contributed by atoms with Gasteiger partial charge in [-0.25, -0.2) is 9.37 Å². The standard InChI is InChI=1S/C32H35FN4O3/c1-32(2,3)35-29(38)20-37-30(24-10-12-26(33)28(18-24)40-4)34-27-13-11-23(17-25(27)31(37)39)22-9-7-8-21(16-22)19-36-14-5-6-15-36/h7-13,16-18H,5-6,14-15,19-20H2,1-4H3,(H,35,38). The molecule has 0 atom stereocenters. The van der Waals surface area contributed by atoms with Crippen LogP contribution >= 0.6 is 0 Å². The Balaban J connectivity index is 1.60. The predicted octanol–water partition coefficient (Wildman–Crippen LogP) is 5.39. The Morgan fingerprint density at radius 3 is 2.45 bits per heavy atom. The molecule has 2 heterocycles. The average Bonchev–Trinajstić information content (AvgIpc) is 3.42. The maximum atomic E-state index is 14.2. The van der Waals surface area contributed by atoms with Crippen molar-refractivity contribution in [3.63, 3.8) is 0 Å². The lowest BCUT2D eigenvalue weighted by atomic mass is 10.0. The molecular formula is C32H35FN4O3. The van der Waals surface area contributed by atoms with Crippen LogP contribution in [-0.4, -0.2) is 46.1 Å². The maximum absolute atomic E-state index is 14.2. The second kappa shape index (κ2) is 11.2. The normalized spacial score (nSPS) is 14.0. The lowest BCUT2D eigenvalue weighted by Crippen LogP contribution is -2.43. The summed E-state index contributed by atoms with van der Waals surface area (Å²) in [4.78, 5) is 34.1. The van der Waals surface area contributed by atoms with Gasteiger partial charge < -0.3 is 10.1 Å². The van der Waals surface area contributed by atoms with Gasteiger partial charge in [-0.3, -0.25) is 19.1 Å². The summed E-state index contributed by atoms with van der Waals surface area (Å²) in [6, 6.07) is 18.3. The molecule has 3 aromatic carbocycles. The van der Waals surface area contributed by atoms with Crippen molar-refractivity contribution in [2.45, 2.75) is 52.2 Å². The van der Waals surface area contributed by atoms with Gasteiger partial charge in [-0.2, -0.15) is 0 Å². The van der Waals surface area contributed by atoms with E-state index in [0.29, 0.717) is 16.5 Å². The lowest BCUT2D eigenvalue weighted by molar-refractivity contribution is -0.123. The smallest absolute Gasteiger partial charge is 0.262 e. The van der Waals surface area contributed by atoms with Gasteiger partial charge >= 0.3 is 0 Å². The third-order valence-corrected chi connectivity index (χ3v) is 7.04. The molecule has 0 bridgehead atoms. The molecule has 1 aliphatic heterocycles. The Morgan fingerprint density at radius 1 is 1.00 bits per heavy atom. The van der Waals surface area contributed by atoms with Crippen molar-refractivity contribution in [3.8, 4) is 28.3 Å². The van der Waals surface area contributed by atoms with E-state index in [1.54, 1.807) is 0 Å². The van der Waals surface area contributed by atoms with Gasteiger partial charge in [-0.15, -0.1) is 0 Å². The Hall–Kier alpha value is -4.04. The average molecular weight is 543 g/mol. The molecule has 0 unspecified atom stereocenters. The number of hydrogen-bond donors (Lipinski definition) is 1. The Labute approximate surface area is 233 Å². The van der Waals surface area contributed by atoms with Crippen molar-refractivity contribution in [2.24, 2.45) is 0 Å². The summed E-state index contributed by atoms with van der Waals surface area (Å²) >= 11 is 0. The van der Waals surface area contributed by atoms with Crippen molar-refractivity contribution in [1.29, 1.82) is 0 Å². The van der Waals surface area contributed by atoms with Crippen molar-refractivity contribution in [2.75, 3.05) is 20.2 Å². The summed E-state index contributed by atoms with van der Waals surface area (Å²) in [6.45, 7) is 8.55. The minimum absolute atomic E-state index is 0.0294. The molecule has 1 fully saturated rings. The number of nitrogens with one attached hydrogen (secondary N) is 1. The largest absolute Gasteiger partial charge is 0.494 e. The van der Waals surface area contributed by atoms with Crippen molar-refractivity contribution < 1.29 is 13.9 Å². The van der Waals surface area contributed by atoms with E-state index >= 15 is 0 Å². The molecule has 1 N–H and O–H groups in total. The topological polar surface area (TPSA) is 76.5 Å². The lowest BCUT2D eigenvalue weighted by Gasteiger charge is -2.22. The second-order valence-electron chi connectivity index (χ2n) is 11.4. The van der Waals surface area contributed by atoms with Crippen molar-refractivity contribution in [3.05, 3.63) is 82.4 Å². The first-order valence-electron chi connectivity index (χ1n) is 13.6. The highest BCUT2D eigenvalue weighted by Gasteiger charge is 2.20. The van der Waals surface area contributed by atoms with Gasteiger partial charge in [0.25, 0.3) is 5.56 Å². The number of rotatable bonds is 7. The van der Waals surface area contributed by atoms with Crippen LogP contribution in [0.25, 0.3) is 33.4 Å². The summed E-state index contributed by atoms with van der Waals surface area (Å²) in [7, 11) is 1.38. The Morgan fingerprint density at radius 2 is 1.73 bits per heavy atom. The molecule has 0 spiro atoms. The van der Waals surface area contributed by atoms with Crippen LogP contribution in [0.2, 0.25) is 0 Å². The number of methoxy groups -OCH3 is 1. The SMILES string of the molecule is COc1cc(-c2nc3ccc(-c4cccc(CN5CCCC5)c4)cc3c(=O)n2CC(=O)NC(C)(C)C)ccc1F. The molecule has 1 amide bonds. The van der Waals surface area contributed by atoms with E-state index in [1.165, 1.54) is 48.3 Å². The number of benzene rings is 3. The molecule has 8 heteroatoms. The zero-order chi connectivity index (χ0) is 28.4. The summed E-state index contributed by atoms with van der Waals surface area (Å²) < 4.78 is 20.7. The number of halogens is 1. The third kappa shape index (κ3) is 6.07. The number of aromatic nitrogens is 2. The maximum Gasteiger partial charge on any atom is 0.262 e. The number of likely N-dealkylation sites (tertiary alicyclic amines) is 1. The Kier molecular flexibility index (Phi) is 7.72. The summed E-state index contributed by atoms with van der Waals surface area (Å²) in [6.07, 6.45) is 2.48. The number of nitrogens with zero attached hydrogens (tertiary/aromatic N) is 3. The minimum Gasteiger partial charge on any atom is -0.494 e. The number of carbonyl (C=O) groups is 1. The molecule has 1 aliphatic rings. The molecule has 7 nitrogen and oxygen atoms in total. The summed E-state index contributed by atoms with van der Waals surface area (Å²) in [5.41, 5.74) is 3.29. The minimum atomic E-state index is -0.525. The molecule has 1 saturated heterocycles. The van der Waals surface area contributed by atoms with E-state index in [1.807, 2.05) is 51.1 Å². The molecule has 0 saturated carbocycles. The van der Waals surface area contributed by atoms with Gasteiger partial charge in [-0.05, 0) is 99.8 Å². The fraction of sp³-hybridized carbons (Fsp3) is 0.344. The van der Waals surface area contributed by atoms with E-state index in [-0.39, 0.29) is 29.6 Å². The van der Waals surface area contributed by atoms with E-state index < -0.39 is 11.4 Å². The fourth-order valence-corrected chi connectivity index (χ4v) is 5.22. The van der Waals surface area contributed by atoms with Crippen LogP contribution in [0, 0.1) is 5.82 Å². The number of hydrogen-bond acceptors (Lipinski definition) is 5. The van der Waals surface area contributed by atoms with Crippen LogP contribution in [0.1, 0.15) is 39.2 Å². The highest BCUT2D eigenvalue weighted by Crippen LogP contribution is 2.28. The van der Waals surface area contributed by atoms with E-state index in [4.69, 9.17) is 9.72 Å². The zero-order valence-corrected chi connectivity index (χ0v) is 23.5. The molecule has 0 aliphatic carbocycles. The zero-order valence-electron chi connectivity index (χ0n) is 23.5. The first-order chi connectivity index (χ1) is 19.1. The fourth-order valence-electron chi connectivity index (χ4n) is 5.22. The molecule has 1 aromatic heterocycles. The molecule has 208 valence electrons. The molecule has 5 rings (SSSR count). The highest BCUT2D eigenvalue weighted by molar-refractivity contribution is 5.86. The first-order valence-corrected chi connectivity index (χ1v) is 13.6. The Bertz CT molecular complexity index is 1620.